The second-order valence-electron chi connectivity index (χ2n) is 12.1. The van der Waals surface area contributed by atoms with Gasteiger partial charge in [-0.1, -0.05) is 81.4 Å². The van der Waals surface area contributed by atoms with Crippen molar-refractivity contribution in [2.75, 3.05) is 19.8 Å². The van der Waals surface area contributed by atoms with Crippen LogP contribution < -0.4 is 10.4 Å². The number of esters is 1. The second kappa shape index (κ2) is 12.5. The maximum Gasteiger partial charge on any atom is 0.411 e. The molecule has 7 nitrogen and oxygen atoms in total. The summed E-state index contributed by atoms with van der Waals surface area (Å²) in [5.41, 5.74) is -0.740. The first-order valence-corrected chi connectivity index (χ1v) is 15.6. The Balaban J connectivity index is 2.03. The third-order valence-electron chi connectivity index (χ3n) is 7.05. The van der Waals surface area contributed by atoms with Gasteiger partial charge in [0, 0.05) is 0 Å². The van der Waals surface area contributed by atoms with Gasteiger partial charge in [-0.25, -0.2) is 4.79 Å². The summed E-state index contributed by atoms with van der Waals surface area (Å²) < 4.78 is 18.0. The van der Waals surface area contributed by atoms with Crippen LogP contribution in [0.2, 0.25) is 5.04 Å². The predicted molar refractivity (Wildman–Crippen MR) is 155 cm³/mol. The van der Waals surface area contributed by atoms with E-state index in [1.807, 2.05) is 36.4 Å². The summed E-state index contributed by atoms with van der Waals surface area (Å²) in [6.45, 7) is 13.8. The Morgan fingerprint density at radius 2 is 1.44 bits per heavy atom. The van der Waals surface area contributed by atoms with Gasteiger partial charge in [0.15, 0.2) is 5.78 Å². The summed E-state index contributed by atoms with van der Waals surface area (Å²) in [5, 5.41) is 2.00. The quantitative estimate of drug-likeness (QED) is 0.281. The number of ketones is 1. The van der Waals surface area contributed by atoms with Crippen LogP contribution in [0.3, 0.4) is 0 Å². The molecule has 2 atom stereocenters. The molecule has 0 radical (unpaired) electrons. The van der Waals surface area contributed by atoms with Crippen LogP contribution >= 0.6 is 0 Å². The highest BCUT2D eigenvalue weighted by Gasteiger charge is 2.51. The molecule has 1 aliphatic rings. The minimum Gasteiger partial charge on any atom is -0.465 e. The van der Waals surface area contributed by atoms with Gasteiger partial charge in [-0.2, -0.15) is 0 Å². The van der Waals surface area contributed by atoms with Crippen molar-refractivity contribution in [1.29, 1.82) is 0 Å². The largest absolute Gasteiger partial charge is 0.465 e. The predicted octanol–water partition coefficient (Wildman–Crippen LogP) is 4.71. The Labute approximate surface area is 234 Å². The molecular formula is C31H43NO6Si. The zero-order chi connectivity index (χ0) is 28.8. The van der Waals surface area contributed by atoms with Gasteiger partial charge in [0.05, 0.1) is 25.8 Å². The van der Waals surface area contributed by atoms with Gasteiger partial charge < -0.3 is 13.9 Å². The van der Waals surface area contributed by atoms with Gasteiger partial charge in [-0.15, -0.1) is 0 Å². The van der Waals surface area contributed by atoms with Gasteiger partial charge in [0.25, 0.3) is 8.32 Å². The normalized spacial score (nSPS) is 18.8. The van der Waals surface area contributed by atoms with Crippen molar-refractivity contribution < 1.29 is 28.3 Å². The first-order valence-electron chi connectivity index (χ1n) is 13.7. The lowest BCUT2D eigenvalue weighted by molar-refractivity contribution is -0.151. The lowest BCUT2D eigenvalue weighted by Crippen LogP contribution is -2.67. The highest BCUT2D eigenvalue weighted by atomic mass is 28.4. The van der Waals surface area contributed by atoms with Crippen molar-refractivity contribution >= 4 is 36.5 Å². The number of benzene rings is 2. The summed E-state index contributed by atoms with van der Waals surface area (Å²) in [4.78, 5) is 40.6. The first-order chi connectivity index (χ1) is 18.3. The van der Waals surface area contributed by atoms with E-state index in [0.29, 0.717) is 6.42 Å². The summed E-state index contributed by atoms with van der Waals surface area (Å²) in [5.74, 6) is -1.79. The summed E-state index contributed by atoms with van der Waals surface area (Å²) in [6.07, 6.45) is 0.106. The molecule has 2 aromatic rings. The fourth-order valence-electron chi connectivity index (χ4n) is 5.27. The number of carbonyl (C=O) groups excluding carboxylic acids is 3. The van der Waals surface area contributed by atoms with Crippen molar-refractivity contribution in [3.8, 4) is 0 Å². The number of likely N-dealkylation sites (tertiary alicyclic amines) is 1. The lowest BCUT2D eigenvalue weighted by atomic mass is 9.98. The van der Waals surface area contributed by atoms with Gasteiger partial charge in [0.1, 0.15) is 11.5 Å². The Morgan fingerprint density at radius 3 is 1.90 bits per heavy atom. The maximum atomic E-state index is 13.4. The molecule has 1 saturated heterocycles. The number of hydrogen-bond donors (Lipinski definition) is 0. The van der Waals surface area contributed by atoms with Gasteiger partial charge in [-0.3, -0.25) is 14.5 Å². The molecule has 0 aromatic heterocycles. The molecule has 3 rings (SSSR count). The third kappa shape index (κ3) is 7.16. The van der Waals surface area contributed by atoms with Crippen LogP contribution in [0.5, 0.6) is 0 Å². The number of nitrogens with zero attached hydrogens (tertiary/aromatic N) is 1. The number of hydrogen-bond acceptors (Lipinski definition) is 6. The number of rotatable bonds is 7. The van der Waals surface area contributed by atoms with E-state index in [2.05, 4.69) is 45.0 Å². The SMILES string of the molecule is CCOC(=O)C1CC[C@@H](CO[Si](c2ccccc2)(c2ccccc2)C(C)(C)C)N(C(=O)OC(C)(C)C)CC1=O. The smallest absolute Gasteiger partial charge is 0.411 e. The van der Waals surface area contributed by atoms with E-state index in [1.54, 1.807) is 27.7 Å². The monoisotopic (exact) mass is 553 g/mol. The summed E-state index contributed by atoms with van der Waals surface area (Å²) in [7, 11) is -2.88. The number of ether oxygens (including phenoxy) is 2. The van der Waals surface area contributed by atoms with Crippen molar-refractivity contribution in [3.63, 3.8) is 0 Å². The topological polar surface area (TPSA) is 82.1 Å². The molecule has 0 bridgehead atoms. The molecule has 1 unspecified atom stereocenters. The fourth-order valence-corrected chi connectivity index (χ4v) is 9.86. The van der Waals surface area contributed by atoms with Crippen LogP contribution in [0, 0.1) is 5.92 Å². The van der Waals surface area contributed by atoms with Crippen LogP contribution in [0.25, 0.3) is 0 Å². The van der Waals surface area contributed by atoms with Crippen molar-refractivity contribution in [2.24, 2.45) is 5.92 Å². The van der Waals surface area contributed by atoms with E-state index in [4.69, 9.17) is 13.9 Å². The summed E-state index contributed by atoms with van der Waals surface area (Å²) >= 11 is 0. The highest BCUT2D eigenvalue weighted by molar-refractivity contribution is 6.99. The van der Waals surface area contributed by atoms with Gasteiger partial charge in [0.2, 0.25) is 0 Å². The average molecular weight is 554 g/mol. The van der Waals surface area contributed by atoms with E-state index >= 15 is 0 Å². The summed E-state index contributed by atoms with van der Waals surface area (Å²) in [6, 6.07) is 20.1. The van der Waals surface area contributed by atoms with Gasteiger partial charge in [-0.05, 0) is 55.9 Å². The molecule has 1 amide bonds. The number of Topliss-reactive ketones (excluding diaryl/α,β-unsaturated/α-hetero) is 1. The van der Waals surface area contributed by atoms with E-state index in [0.717, 1.165) is 10.4 Å². The third-order valence-corrected chi connectivity index (χ3v) is 12.1. The van der Waals surface area contributed by atoms with E-state index in [1.165, 1.54) is 4.90 Å². The first kappa shape index (κ1) is 30.6. The minimum atomic E-state index is -2.88. The zero-order valence-electron chi connectivity index (χ0n) is 24.4. The molecule has 0 saturated carbocycles. The van der Waals surface area contributed by atoms with Crippen LogP contribution in [-0.4, -0.2) is 62.5 Å². The fraction of sp³-hybridized carbons (Fsp3) is 0.516. The molecule has 212 valence electrons. The van der Waals surface area contributed by atoms with Gasteiger partial charge >= 0.3 is 12.1 Å². The molecule has 39 heavy (non-hydrogen) atoms. The van der Waals surface area contributed by atoms with Crippen LogP contribution in [-0.2, 0) is 23.5 Å². The molecule has 1 aliphatic heterocycles. The zero-order valence-corrected chi connectivity index (χ0v) is 25.4. The second-order valence-corrected chi connectivity index (χ2v) is 16.4. The molecule has 0 spiro atoms. The van der Waals surface area contributed by atoms with Crippen molar-refractivity contribution in [2.45, 2.75) is 78.0 Å². The lowest BCUT2D eigenvalue weighted by Gasteiger charge is -2.44. The van der Waals surface area contributed by atoms with E-state index < -0.39 is 37.9 Å². The molecule has 1 heterocycles. The van der Waals surface area contributed by atoms with Crippen LogP contribution in [0.15, 0.2) is 60.7 Å². The molecule has 0 N–H and O–H groups in total. The van der Waals surface area contributed by atoms with Crippen LogP contribution in [0.4, 0.5) is 4.79 Å². The Bertz CT molecular complexity index is 1080. The highest BCUT2D eigenvalue weighted by Crippen LogP contribution is 2.37. The Morgan fingerprint density at radius 1 is 0.897 bits per heavy atom. The van der Waals surface area contributed by atoms with Crippen molar-refractivity contribution in [1.82, 2.24) is 4.90 Å². The maximum absolute atomic E-state index is 13.4. The molecule has 8 heteroatoms. The molecular weight excluding hydrogens is 510 g/mol. The standard InChI is InChI=1S/C31H43NO6Si/c1-8-36-28(34)26-20-19-23(32(21-27(26)33)29(35)38-30(2,3)4)22-37-39(31(5,6)7,24-15-11-9-12-16-24)25-17-13-10-14-18-25/h9-18,23,26H,8,19-22H2,1-7H3/t23-,26?/m0/s1. The van der Waals surface area contributed by atoms with E-state index in [9.17, 15) is 14.4 Å². The van der Waals surface area contributed by atoms with Crippen molar-refractivity contribution in [3.05, 3.63) is 60.7 Å². The Kier molecular flexibility index (Phi) is 9.77. The Hall–Kier alpha value is -2.97. The molecule has 1 fully saturated rings. The average Bonchev–Trinajstić information content (AvgIpc) is 3.03. The van der Waals surface area contributed by atoms with Crippen LogP contribution in [0.1, 0.15) is 61.3 Å². The van der Waals surface area contributed by atoms with E-state index in [-0.39, 0.29) is 37.0 Å². The molecule has 0 aliphatic carbocycles. The minimum absolute atomic E-state index is 0.193. The number of carbonyl (C=O) groups is 3. The molecule has 2 aromatic carbocycles. The number of amides is 1.